The van der Waals surface area contributed by atoms with Gasteiger partial charge in [0.2, 0.25) is 8.32 Å². The van der Waals surface area contributed by atoms with Crippen molar-refractivity contribution in [1.29, 1.82) is 0 Å². The Kier molecular flexibility index (Phi) is 3.77. The number of aryl methyl sites for hydroxylation is 1. The highest BCUT2D eigenvalue weighted by Crippen LogP contribution is 2.38. The minimum Gasteiger partial charge on any atom is -0.547 e. The Labute approximate surface area is 117 Å². The van der Waals surface area contributed by atoms with Crippen molar-refractivity contribution in [2.75, 3.05) is 7.11 Å². The van der Waals surface area contributed by atoms with Crippen LogP contribution < -0.4 is 4.74 Å². The first kappa shape index (κ1) is 14.2. The maximum Gasteiger partial charge on any atom is 0.241 e. The van der Waals surface area contributed by atoms with Crippen molar-refractivity contribution in [3.05, 3.63) is 34.6 Å². The van der Waals surface area contributed by atoms with Crippen LogP contribution in [0.15, 0.2) is 17.9 Å². The molecule has 0 amide bonds. The monoisotopic (exact) mass is 276 g/mol. The van der Waals surface area contributed by atoms with E-state index in [2.05, 4.69) is 51.7 Å². The summed E-state index contributed by atoms with van der Waals surface area (Å²) in [5.41, 5.74) is 3.83. The predicted molar refractivity (Wildman–Crippen MR) is 83.2 cm³/mol. The predicted octanol–water partition coefficient (Wildman–Crippen LogP) is 4.70. The zero-order valence-electron chi connectivity index (χ0n) is 12.8. The molecule has 0 aliphatic heterocycles. The summed E-state index contributed by atoms with van der Waals surface area (Å²) in [7, 11) is 0.214. The number of hydrogen-bond donors (Lipinski definition) is 0. The Balaban J connectivity index is 2.40. The molecule has 0 aromatic heterocycles. The van der Waals surface area contributed by atoms with Crippen LogP contribution in [0.4, 0.5) is 0 Å². The maximum absolute atomic E-state index is 6.17. The van der Waals surface area contributed by atoms with Crippen LogP contribution in [0.5, 0.6) is 5.75 Å². The van der Waals surface area contributed by atoms with E-state index in [1.54, 1.807) is 7.11 Å². The lowest BCUT2D eigenvalue weighted by molar-refractivity contribution is 0.388. The molecule has 0 spiro atoms. The molecule has 3 heteroatoms. The van der Waals surface area contributed by atoms with Gasteiger partial charge in [-0.1, -0.05) is 6.92 Å². The number of hydrogen-bond acceptors (Lipinski definition) is 2. The standard InChI is InChI=1S/C16H24O2Si/c1-11-8-14(18-19(4,5)6)9-13-7-12(2)16(17-3)10-15(11)13/h7,9-11H,8H2,1-6H3. The lowest BCUT2D eigenvalue weighted by atomic mass is 9.86. The van der Waals surface area contributed by atoms with Gasteiger partial charge in [0.25, 0.3) is 0 Å². The fourth-order valence-electron chi connectivity index (χ4n) is 2.61. The summed E-state index contributed by atoms with van der Waals surface area (Å²) in [4.78, 5) is 0. The van der Waals surface area contributed by atoms with E-state index < -0.39 is 8.32 Å². The molecule has 0 N–H and O–H groups in total. The van der Waals surface area contributed by atoms with Crippen LogP contribution in [0.2, 0.25) is 19.6 Å². The molecule has 2 nitrogen and oxygen atoms in total. The Bertz CT molecular complexity index is 512. The molecule has 0 radical (unpaired) electrons. The van der Waals surface area contributed by atoms with Gasteiger partial charge in [-0.2, -0.15) is 0 Å². The fourth-order valence-corrected chi connectivity index (χ4v) is 3.54. The topological polar surface area (TPSA) is 18.5 Å². The molecular weight excluding hydrogens is 252 g/mol. The van der Waals surface area contributed by atoms with Gasteiger partial charge in [0.05, 0.1) is 12.9 Å². The van der Waals surface area contributed by atoms with Gasteiger partial charge in [0.1, 0.15) is 5.75 Å². The molecule has 0 fully saturated rings. The summed E-state index contributed by atoms with van der Waals surface area (Å²) in [5, 5.41) is 0. The van der Waals surface area contributed by atoms with E-state index in [-0.39, 0.29) is 0 Å². The number of rotatable bonds is 3. The quantitative estimate of drug-likeness (QED) is 0.745. The van der Waals surface area contributed by atoms with Gasteiger partial charge in [-0.25, -0.2) is 0 Å². The van der Waals surface area contributed by atoms with Crippen molar-refractivity contribution < 1.29 is 9.16 Å². The van der Waals surface area contributed by atoms with Crippen LogP contribution in [-0.4, -0.2) is 15.4 Å². The second-order valence-corrected chi connectivity index (χ2v) is 10.8. The van der Waals surface area contributed by atoms with E-state index in [1.165, 1.54) is 16.7 Å². The number of allylic oxidation sites excluding steroid dienone is 1. The molecule has 0 heterocycles. The first-order valence-corrected chi connectivity index (χ1v) is 10.3. The van der Waals surface area contributed by atoms with E-state index >= 15 is 0 Å². The van der Waals surface area contributed by atoms with Crippen LogP contribution >= 0.6 is 0 Å². The molecule has 19 heavy (non-hydrogen) atoms. The van der Waals surface area contributed by atoms with E-state index in [0.29, 0.717) is 5.92 Å². The second kappa shape index (κ2) is 5.04. The fraction of sp³-hybridized carbons (Fsp3) is 0.500. The number of methoxy groups -OCH3 is 1. The van der Waals surface area contributed by atoms with Gasteiger partial charge in [0.15, 0.2) is 0 Å². The molecule has 1 aromatic carbocycles. The minimum absolute atomic E-state index is 0.487. The Morgan fingerprint density at radius 2 is 1.89 bits per heavy atom. The number of ether oxygens (including phenoxy) is 1. The average molecular weight is 276 g/mol. The average Bonchev–Trinajstić information content (AvgIpc) is 2.25. The van der Waals surface area contributed by atoms with Crippen molar-refractivity contribution >= 4 is 14.4 Å². The van der Waals surface area contributed by atoms with Gasteiger partial charge < -0.3 is 9.16 Å². The summed E-state index contributed by atoms with van der Waals surface area (Å²) in [6.07, 6.45) is 3.20. The molecule has 2 rings (SSSR count). The van der Waals surface area contributed by atoms with Gasteiger partial charge in [-0.05, 0) is 67.4 Å². The van der Waals surface area contributed by atoms with Crippen molar-refractivity contribution in [2.24, 2.45) is 0 Å². The van der Waals surface area contributed by atoms with Crippen LogP contribution in [-0.2, 0) is 4.43 Å². The molecule has 1 aliphatic carbocycles. The molecule has 104 valence electrons. The molecule has 0 bridgehead atoms. The first-order valence-electron chi connectivity index (χ1n) is 6.88. The highest BCUT2D eigenvalue weighted by molar-refractivity contribution is 6.70. The Hall–Kier alpha value is -1.22. The number of benzene rings is 1. The molecule has 0 saturated heterocycles. The zero-order valence-corrected chi connectivity index (χ0v) is 13.8. The number of fused-ring (bicyclic) bond motifs is 1. The van der Waals surface area contributed by atoms with Crippen molar-refractivity contribution in [3.63, 3.8) is 0 Å². The molecule has 1 aromatic rings. The lowest BCUT2D eigenvalue weighted by Crippen LogP contribution is -2.26. The summed E-state index contributed by atoms with van der Waals surface area (Å²) in [5.74, 6) is 2.61. The lowest BCUT2D eigenvalue weighted by Gasteiger charge is -2.28. The van der Waals surface area contributed by atoms with Gasteiger partial charge in [0, 0.05) is 6.42 Å². The second-order valence-electron chi connectivity index (χ2n) is 6.38. The van der Waals surface area contributed by atoms with E-state index in [4.69, 9.17) is 9.16 Å². The van der Waals surface area contributed by atoms with Crippen molar-refractivity contribution in [1.82, 2.24) is 0 Å². The third-order valence-corrected chi connectivity index (χ3v) is 4.27. The molecule has 1 atom stereocenters. The smallest absolute Gasteiger partial charge is 0.241 e. The zero-order chi connectivity index (χ0) is 14.2. The van der Waals surface area contributed by atoms with Crippen LogP contribution in [0.25, 0.3) is 6.08 Å². The molecule has 1 unspecified atom stereocenters. The van der Waals surface area contributed by atoms with Crippen molar-refractivity contribution in [3.8, 4) is 5.75 Å². The summed E-state index contributed by atoms with van der Waals surface area (Å²) >= 11 is 0. The molecule has 1 aliphatic rings. The van der Waals surface area contributed by atoms with Crippen molar-refractivity contribution in [2.45, 2.75) is 45.8 Å². The minimum atomic E-state index is -1.52. The summed E-state index contributed by atoms with van der Waals surface area (Å²) in [6.45, 7) is 11.0. The van der Waals surface area contributed by atoms with Crippen LogP contribution in [0, 0.1) is 6.92 Å². The van der Waals surface area contributed by atoms with Crippen LogP contribution in [0.3, 0.4) is 0 Å². The van der Waals surface area contributed by atoms with E-state index in [9.17, 15) is 0 Å². The summed E-state index contributed by atoms with van der Waals surface area (Å²) in [6, 6.07) is 4.38. The normalized spacial score (nSPS) is 18.6. The highest BCUT2D eigenvalue weighted by atomic mass is 28.4. The van der Waals surface area contributed by atoms with Gasteiger partial charge in [-0.3, -0.25) is 0 Å². The van der Waals surface area contributed by atoms with E-state index in [1.807, 2.05) is 0 Å². The largest absolute Gasteiger partial charge is 0.547 e. The molecular formula is C16H24O2Si. The summed E-state index contributed by atoms with van der Waals surface area (Å²) < 4.78 is 11.6. The van der Waals surface area contributed by atoms with Gasteiger partial charge in [-0.15, -0.1) is 0 Å². The Morgan fingerprint density at radius 3 is 2.47 bits per heavy atom. The first-order chi connectivity index (χ1) is 8.80. The Morgan fingerprint density at radius 1 is 1.21 bits per heavy atom. The van der Waals surface area contributed by atoms with Crippen LogP contribution in [0.1, 0.15) is 36.0 Å². The SMILES string of the molecule is COc1cc2c(cc1C)C=C(O[Si](C)(C)C)CC2C. The van der Waals surface area contributed by atoms with E-state index in [0.717, 1.165) is 17.9 Å². The third kappa shape index (κ3) is 3.21. The maximum atomic E-state index is 6.17. The molecule has 0 saturated carbocycles. The van der Waals surface area contributed by atoms with Gasteiger partial charge >= 0.3 is 0 Å². The highest BCUT2D eigenvalue weighted by Gasteiger charge is 2.24. The third-order valence-electron chi connectivity index (χ3n) is 3.39.